The molecule has 0 unspecified atom stereocenters. The molecule has 8 nitrogen and oxygen atoms in total. The van der Waals surface area contributed by atoms with Gasteiger partial charge in [-0.3, -0.25) is 9.63 Å². The van der Waals surface area contributed by atoms with Crippen LogP contribution in [0.25, 0.3) is 10.8 Å². The molecular formula is C23H24N2O6S. The van der Waals surface area contributed by atoms with Gasteiger partial charge in [-0.15, -0.1) is 0 Å². The lowest BCUT2D eigenvalue weighted by Gasteiger charge is -2.20. The molecular weight excluding hydrogens is 432 g/mol. The second-order valence-electron chi connectivity index (χ2n) is 6.85. The van der Waals surface area contributed by atoms with Crippen molar-refractivity contribution in [1.29, 1.82) is 0 Å². The van der Waals surface area contributed by atoms with Gasteiger partial charge in [-0.25, -0.2) is 13.2 Å². The number of ether oxygens (including phenoxy) is 1. The fraction of sp³-hybridized carbons (Fsp3) is 0.217. The lowest BCUT2D eigenvalue weighted by molar-refractivity contribution is -0.145. The zero-order valence-corrected chi connectivity index (χ0v) is 18.8. The molecule has 0 aromatic heterocycles. The number of benzene rings is 3. The van der Waals surface area contributed by atoms with Crippen LogP contribution in [0.3, 0.4) is 0 Å². The van der Waals surface area contributed by atoms with E-state index in [0.29, 0.717) is 10.0 Å². The Morgan fingerprint density at radius 2 is 1.72 bits per heavy atom. The average Bonchev–Trinajstić information content (AvgIpc) is 2.81. The van der Waals surface area contributed by atoms with E-state index < -0.39 is 27.9 Å². The van der Waals surface area contributed by atoms with E-state index in [4.69, 9.17) is 9.57 Å². The van der Waals surface area contributed by atoms with E-state index in [1.165, 1.54) is 38.4 Å². The Kier molecular flexibility index (Phi) is 7.24. The zero-order chi connectivity index (χ0) is 23.3. The van der Waals surface area contributed by atoms with Gasteiger partial charge in [-0.2, -0.15) is 0 Å². The second kappa shape index (κ2) is 9.90. The average molecular weight is 457 g/mol. The molecule has 1 atom stereocenters. The van der Waals surface area contributed by atoms with E-state index in [1.54, 1.807) is 19.1 Å². The first-order valence-corrected chi connectivity index (χ1v) is 11.3. The predicted octanol–water partition coefficient (Wildman–Crippen LogP) is 3.06. The van der Waals surface area contributed by atoms with Crippen LogP contribution in [0.2, 0.25) is 0 Å². The number of rotatable bonds is 8. The van der Waals surface area contributed by atoms with Gasteiger partial charge in [0.1, 0.15) is 0 Å². The first-order chi connectivity index (χ1) is 15.3. The molecule has 168 valence electrons. The number of hydrogen-bond donors (Lipinski definition) is 1. The highest BCUT2D eigenvalue weighted by Crippen LogP contribution is 2.26. The van der Waals surface area contributed by atoms with Crippen LogP contribution < -0.4 is 5.32 Å². The molecule has 32 heavy (non-hydrogen) atoms. The molecule has 9 heteroatoms. The van der Waals surface area contributed by atoms with E-state index in [0.717, 1.165) is 10.8 Å². The van der Waals surface area contributed by atoms with Crippen molar-refractivity contribution in [3.8, 4) is 0 Å². The molecule has 0 spiro atoms. The van der Waals surface area contributed by atoms with Gasteiger partial charge in [0.2, 0.25) is 0 Å². The Labute approximate surface area is 186 Å². The van der Waals surface area contributed by atoms with Crippen LogP contribution in [-0.4, -0.2) is 45.5 Å². The van der Waals surface area contributed by atoms with Crippen molar-refractivity contribution in [2.45, 2.75) is 17.9 Å². The first kappa shape index (κ1) is 23.4. The third kappa shape index (κ3) is 4.80. The number of sulfonamides is 1. The summed E-state index contributed by atoms with van der Waals surface area (Å²) >= 11 is 0. The molecule has 0 saturated heterocycles. The lowest BCUT2D eigenvalue weighted by Crippen LogP contribution is -2.35. The van der Waals surface area contributed by atoms with Crippen LogP contribution in [0.1, 0.15) is 28.9 Å². The van der Waals surface area contributed by atoms with Crippen molar-refractivity contribution < 1.29 is 27.6 Å². The van der Waals surface area contributed by atoms with Gasteiger partial charge in [0, 0.05) is 12.6 Å². The van der Waals surface area contributed by atoms with Gasteiger partial charge in [0.25, 0.3) is 15.9 Å². The number of esters is 1. The summed E-state index contributed by atoms with van der Waals surface area (Å²) in [5.74, 6) is -1.23. The normalized spacial score (nSPS) is 12.5. The summed E-state index contributed by atoms with van der Waals surface area (Å²) in [5.41, 5.74) is 0.655. The summed E-state index contributed by atoms with van der Waals surface area (Å²) in [6.07, 6.45) is 0. The molecule has 0 aliphatic heterocycles. The molecule has 0 bridgehead atoms. The minimum atomic E-state index is -3.94. The SMILES string of the molecule is CCOC(=O)[C@H](NC(=O)c1cccc(S(=O)(=O)N(C)OC)c1)c1cccc2ccccc12. The molecule has 0 fully saturated rings. The van der Waals surface area contributed by atoms with Gasteiger partial charge in [0.15, 0.2) is 6.04 Å². The molecule has 0 saturated carbocycles. The highest BCUT2D eigenvalue weighted by Gasteiger charge is 2.27. The summed E-state index contributed by atoms with van der Waals surface area (Å²) in [4.78, 5) is 30.4. The zero-order valence-electron chi connectivity index (χ0n) is 17.9. The summed E-state index contributed by atoms with van der Waals surface area (Å²) in [6, 6.07) is 17.4. The molecule has 1 amide bonds. The van der Waals surface area contributed by atoms with Crippen molar-refractivity contribution in [2.24, 2.45) is 0 Å². The van der Waals surface area contributed by atoms with Gasteiger partial charge >= 0.3 is 5.97 Å². The van der Waals surface area contributed by atoms with Gasteiger partial charge in [0.05, 0.1) is 18.6 Å². The number of nitrogens with one attached hydrogen (secondary N) is 1. The van der Waals surface area contributed by atoms with Crippen LogP contribution in [-0.2, 0) is 24.4 Å². The third-order valence-corrected chi connectivity index (χ3v) is 6.60. The van der Waals surface area contributed by atoms with Gasteiger partial charge in [-0.1, -0.05) is 53.0 Å². The first-order valence-electron chi connectivity index (χ1n) is 9.87. The third-order valence-electron chi connectivity index (χ3n) is 4.92. The molecule has 1 N–H and O–H groups in total. The monoisotopic (exact) mass is 456 g/mol. The summed E-state index contributed by atoms with van der Waals surface area (Å²) < 4.78 is 30.9. The van der Waals surface area contributed by atoms with Crippen molar-refractivity contribution in [1.82, 2.24) is 9.79 Å². The minimum Gasteiger partial charge on any atom is -0.464 e. The Hall–Kier alpha value is -3.27. The van der Waals surface area contributed by atoms with Crippen molar-refractivity contribution in [3.05, 3.63) is 77.9 Å². The second-order valence-corrected chi connectivity index (χ2v) is 8.79. The van der Waals surface area contributed by atoms with Crippen LogP contribution in [0, 0.1) is 0 Å². The Bertz CT molecular complexity index is 1240. The fourth-order valence-corrected chi connectivity index (χ4v) is 4.27. The maximum atomic E-state index is 13.0. The topological polar surface area (TPSA) is 102 Å². The summed E-state index contributed by atoms with van der Waals surface area (Å²) in [6.45, 7) is 1.83. The maximum Gasteiger partial charge on any atom is 0.333 e. The summed E-state index contributed by atoms with van der Waals surface area (Å²) in [5, 5.41) is 4.40. The van der Waals surface area contributed by atoms with Crippen molar-refractivity contribution in [3.63, 3.8) is 0 Å². The standard InChI is InChI=1S/C23H24N2O6S/c1-4-31-23(27)21(20-14-8-10-16-9-5-6-13-19(16)20)24-22(26)17-11-7-12-18(15-17)32(28,29)25(2)30-3/h5-15,21H,4H2,1-3H3,(H,24,26)/t21-/m1/s1. The van der Waals surface area contributed by atoms with Crippen molar-refractivity contribution >= 4 is 32.7 Å². The molecule has 0 aliphatic carbocycles. The number of carbonyl (C=O) groups is 2. The number of hydrogen-bond acceptors (Lipinski definition) is 6. The number of nitrogens with zero attached hydrogens (tertiary/aromatic N) is 1. The molecule has 3 aromatic rings. The highest BCUT2D eigenvalue weighted by atomic mass is 32.2. The quantitative estimate of drug-likeness (QED) is 0.413. The van der Waals surface area contributed by atoms with E-state index in [2.05, 4.69) is 5.32 Å². The number of hydroxylamine groups is 1. The van der Waals surface area contributed by atoms with E-state index >= 15 is 0 Å². The fourth-order valence-electron chi connectivity index (χ4n) is 3.25. The highest BCUT2D eigenvalue weighted by molar-refractivity contribution is 7.89. The largest absolute Gasteiger partial charge is 0.464 e. The van der Waals surface area contributed by atoms with E-state index in [9.17, 15) is 18.0 Å². The van der Waals surface area contributed by atoms with E-state index in [-0.39, 0.29) is 17.1 Å². The Morgan fingerprint density at radius 1 is 1.03 bits per heavy atom. The Balaban J connectivity index is 1.98. The number of fused-ring (bicyclic) bond motifs is 1. The van der Waals surface area contributed by atoms with Gasteiger partial charge in [-0.05, 0) is 41.5 Å². The van der Waals surface area contributed by atoms with E-state index in [1.807, 2.05) is 30.3 Å². The number of carbonyl (C=O) groups excluding carboxylic acids is 2. The smallest absolute Gasteiger partial charge is 0.333 e. The molecule has 0 radical (unpaired) electrons. The molecule has 0 heterocycles. The molecule has 3 aromatic carbocycles. The van der Waals surface area contributed by atoms with Crippen LogP contribution in [0.15, 0.2) is 71.6 Å². The Morgan fingerprint density at radius 3 is 2.44 bits per heavy atom. The van der Waals surface area contributed by atoms with Crippen LogP contribution in [0.5, 0.6) is 0 Å². The maximum absolute atomic E-state index is 13.0. The number of amides is 1. The van der Waals surface area contributed by atoms with Gasteiger partial charge < -0.3 is 10.1 Å². The summed E-state index contributed by atoms with van der Waals surface area (Å²) in [7, 11) is -1.47. The minimum absolute atomic E-state index is 0.0742. The molecule has 0 aliphatic rings. The van der Waals surface area contributed by atoms with Crippen molar-refractivity contribution in [2.75, 3.05) is 20.8 Å². The predicted molar refractivity (Wildman–Crippen MR) is 119 cm³/mol. The van der Waals surface area contributed by atoms with Crippen LogP contribution in [0.4, 0.5) is 0 Å². The lowest BCUT2D eigenvalue weighted by atomic mass is 9.98. The van der Waals surface area contributed by atoms with Crippen LogP contribution >= 0.6 is 0 Å². The molecule has 3 rings (SSSR count).